The average Bonchev–Trinajstić information content (AvgIpc) is 2.66. The second-order valence-electron chi connectivity index (χ2n) is 6.59. The molecule has 0 amide bonds. The summed E-state index contributed by atoms with van der Waals surface area (Å²) in [6.07, 6.45) is 3.53. The largest absolute Gasteiger partial charge is 0.355 e. The summed E-state index contributed by atoms with van der Waals surface area (Å²) in [5, 5.41) is 3.64. The molecular formula is C23H23N. The monoisotopic (exact) mass is 313 g/mol. The van der Waals surface area contributed by atoms with Crippen LogP contribution >= 0.6 is 0 Å². The van der Waals surface area contributed by atoms with Crippen LogP contribution in [-0.4, -0.2) is 0 Å². The third kappa shape index (κ3) is 2.24. The molecule has 24 heavy (non-hydrogen) atoms. The van der Waals surface area contributed by atoms with E-state index in [4.69, 9.17) is 0 Å². The fourth-order valence-electron chi connectivity index (χ4n) is 4.11. The van der Waals surface area contributed by atoms with Crippen molar-refractivity contribution >= 4 is 11.4 Å². The third-order valence-corrected chi connectivity index (χ3v) is 5.21. The van der Waals surface area contributed by atoms with Gasteiger partial charge in [-0.05, 0) is 35.2 Å². The van der Waals surface area contributed by atoms with Crippen LogP contribution in [-0.2, 0) is 5.41 Å². The van der Waals surface area contributed by atoms with Crippen molar-refractivity contribution in [3.8, 4) is 0 Å². The zero-order chi connectivity index (χ0) is 16.4. The van der Waals surface area contributed by atoms with Gasteiger partial charge in [0.25, 0.3) is 0 Å². The van der Waals surface area contributed by atoms with Gasteiger partial charge in [0, 0.05) is 16.8 Å². The van der Waals surface area contributed by atoms with Gasteiger partial charge >= 0.3 is 0 Å². The molecule has 1 aliphatic heterocycles. The SMILES string of the molecule is CCCCC1(c2ccccc2)c2ccccc2Nc2ccccc21. The summed E-state index contributed by atoms with van der Waals surface area (Å²) >= 11 is 0. The Hall–Kier alpha value is -2.54. The van der Waals surface area contributed by atoms with Crippen molar-refractivity contribution in [3.63, 3.8) is 0 Å². The summed E-state index contributed by atoms with van der Waals surface area (Å²) in [5.41, 5.74) is 6.56. The lowest BCUT2D eigenvalue weighted by molar-refractivity contribution is 0.526. The number of unbranched alkanes of at least 4 members (excludes halogenated alkanes) is 1. The number of nitrogens with one attached hydrogen (secondary N) is 1. The van der Waals surface area contributed by atoms with E-state index in [1.165, 1.54) is 40.9 Å². The van der Waals surface area contributed by atoms with Crippen molar-refractivity contribution < 1.29 is 0 Å². The first kappa shape index (κ1) is 15.0. The van der Waals surface area contributed by atoms with Gasteiger partial charge in [-0.2, -0.15) is 0 Å². The second-order valence-corrected chi connectivity index (χ2v) is 6.59. The predicted molar refractivity (Wildman–Crippen MR) is 102 cm³/mol. The first-order valence-electron chi connectivity index (χ1n) is 8.88. The quantitative estimate of drug-likeness (QED) is 0.598. The smallest absolute Gasteiger partial charge is 0.0492 e. The molecule has 1 nitrogen and oxygen atoms in total. The zero-order valence-electron chi connectivity index (χ0n) is 14.1. The maximum absolute atomic E-state index is 3.64. The van der Waals surface area contributed by atoms with E-state index in [-0.39, 0.29) is 5.41 Å². The van der Waals surface area contributed by atoms with E-state index in [9.17, 15) is 0 Å². The van der Waals surface area contributed by atoms with E-state index < -0.39 is 0 Å². The number of rotatable bonds is 4. The van der Waals surface area contributed by atoms with E-state index in [0.29, 0.717) is 0 Å². The molecule has 0 spiro atoms. The zero-order valence-corrected chi connectivity index (χ0v) is 14.1. The molecule has 0 saturated carbocycles. The minimum absolute atomic E-state index is 0.0737. The van der Waals surface area contributed by atoms with Crippen LogP contribution in [0, 0.1) is 0 Å². The minimum atomic E-state index is -0.0737. The fourth-order valence-corrected chi connectivity index (χ4v) is 4.11. The molecule has 0 atom stereocenters. The molecule has 0 aliphatic carbocycles. The van der Waals surface area contributed by atoms with Crippen molar-refractivity contribution in [1.82, 2.24) is 0 Å². The van der Waals surface area contributed by atoms with Crippen LogP contribution in [0.3, 0.4) is 0 Å². The molecule has 0 fully saturated rings. The lowest BCUT2D eigenvalue weighted by Crippen LogP contribution is -2.33. The molecule has 3 aromatic rings. The maximum Gasteiger partial charge on any atom is 0.0492 e. The Balaban J connectivity index is 2.04. The van der Waals surface area contributed by atoms with Crippen molar-refractivity contribution in [2.24, 2.45) is 0 Å². The topological polar surface area (TPSA) is 12.0 Å². The number of benzene rings is 3. The number of hydrogen-bond acceptors (Lipinski definition) is 1. The Labute approximate surface area is 144 Å². The van der Waals surface area contributed by atoms with Gasteiger partial charge in [-0.3, -0.25) is 0 Å². The molecule has 120 valence electrons. The summed E-state index contributed by atoms with van der Waals surface area (Å²) in [4.78, 5) is 0. The van der Waals surface area contributed by atoms with Crippen molar-refractivity contribution in [3.05, 3.63) is 95.6 Å². The highest BCUT2D eigenvalue weighted by Gasteiger charge is 2.41. The summed E-state index contributed by atoms with van der Waals surface area (Å²) in [6, 6.07) is 28.6. The molecule has 1 heterocycles. The van der Waals surface area contributed by atoms with E-state index >= 15 is 0 Å². The Bertz CT molecular complexity index is 790. The average molecular weight is 313 g/mol. The Morgan fingerprint density at radius 1 is 0.708 bits per heavy atom. The van der Waals surface area contributed by atoms with E-state index in [0.717, 1.165) is 6.42 Å². The van der Waals surface area contributed by atoms with Crippen molar-refractivity contribution in [2.75, 3.05) is 5.32 Å². The summed E-state index contributed by atoms with van der Waals surface area (Å²) < 4.78 is 0. The molecule has 1 heteroatoms. The highest BCUT2D eigenvalue weighted by molar-refractivity contribution is 5.78. The van der Waals surface area contributed by atoms with E-state index in [1.54, 1.807) is 0 Å². The molecule has 0 bridgehead atoms. The molecule has 3 aromatic carbocycles. The Morgan fingerprint density at radius 2 is 1.25 bits per heavy atom. The summed E-state index contributed by atoms with van der Waals surface area (Å²) in [6.45, 7) is 2.28. The third-order valence-electron chi connectivity index (χ3n) is 5.21. The lowest BCUT2D eigenvalue weighted by Gasteiger charge is -2.42. The van der Waals surface area contributed by atoms with Crippen LogP contribution in [0.2, 0.25) is 0 Å². The van der Waals surface area contributed by atoms with Crippen LogP contribution in [0.5, 0.6) is 0 Å². The summed E-state index contributed by atoms with van der Waals surface area (Å²) in [7, 11) is 0. The molecule has 1 aliphatic rings. The van der Waals surface area contributed by atoms with Gasteiger partial charge in [0.15, 0.2) is 0 Å². The molecule has 0 aromatic heterocycles. The second kappa shape index (κ2) is 6.16. The first-order chi connectivity index (χ1) is 11.9. The molecule has 1 N–H and O–H groups in total. The van der Waals surface area contributed by atoms with Gasteiger partial charge < -0.3 is 5.32 Å². The van der Waals surface area contributed by atoms with Gasteiger partial charge in [0.1, 0.15) is 0 Å². The van der Waals surface area contributed by atoms with Crippen LogP contribution in [0.4, 0.5) is 11.4 Å². The predicted octanol–water partition coefficient (Wildman–Crippen LogP) is 6.27. The summed E-state index contributed by atoms with van der Waals surface area (Å²) in [5.74, 6) is 0. The molecule has 0 saturated heterocycles. The highest BCUT2D eigenvalue weighted by Crippen LogP contribution is 2.52. The van der Waals surface area contributed by atoms with Gasteiger partial charge in [0.05, 0.1) is 0 Å². The van der Waals surface area contributed by atoms with E-state index in [1.807, 2.05) is 0 Å². The normalized spacial score (nSPS) is 14.4. The highest BCUT2D eigenvalue weighted by atomic mass is 14.9. The number of hydrogen-bond donors (Lipinski definition) is 1. The van der Waals surface area contributed by atoms with Crippen LogP contribution in [0.15, 0.2) is 78.9 Å². The molecule has 0 radical (unpaired) electrons. The van der Waals surface area contributed by atoms with Gasteiger partial charge in [-0.1, -0.05) is 86.5 Å². The molecule has 4 rings (SSSR count). The molecular weight excluding hydrogens is 290 g/mol. The number of fused-ring (bicyclic) bond motifs is 2. The van der Waals surface area contributed by atoms with Crippen molar-refractivity contribution in [2.45, 2.75) is 31.6 Å². The first-order valence-corrected chi connectivity index (χ1v) is 8.88. The lowest BCUT2D eigenvalue weighted by atomic mass is 9.64. The van der Waals surface area contributed by atoms with Crippen LogP contribution < -0.4 is 5.32 Å². The number of para-hydroxylation sites is 2. The van der Waals surface area contributed by atoms with Gasteiger partial charge in [-0.25, -0.2) is 0 Å². The minimum Gasteiger partial charge on any atom is -0.355 e. The van der Waals surface area contributed by atoms with Gasteiger partial charge in [0.2, 0.25) is 0 Å². The van der Waals surface area contributed by atoms with Crippen LogP contribution in [0.25, 0.3) is 0 Å². The van der Waals surface area contributed by atoms with Gasteiger partial charge in [-0.15, -0.1) is 0 Å². The Kier molecular flexibility index (Phi) is 3.86. The molecule has 0 unspecified atom stereocenters. The fraction of sp³-hybridized carbons (Fsp3) is 0.217. The van der Waals surface area contributed by atoms with E-state index in [2.05, 4.69) is 91.1 Å². The Morgan fingerprint density at radius 3 is 1.83 bits per heavy atom. The maximum atomic E-state index is 3.64. The standard InChI is InChI=1S/C23H23N/c1-2-3-17-23(18-11-5-4-6-12-18)19-13-7-9-15-21(19)24-22-16-10-8-14-20(22)23/h4-16,24H,2-3,17H2,1H3. The number of anilines is 2. The van der Waals surface area contributed by atoms with Crippen molar-refractivity contribution in [1.29, 1.82) is 0 Å². The van der Waals surface area contributed by atoms with Crippen LogP contribution in [0.1, 0.15) is 42.9 Å².